The summed E-state index contributed by atoms with van der Waals surface area (Å²) in [7, 11) is 1.32. The molecule has 1 N–H and O–H groups in total. The zero-order valence-electron chi connectivity index (χ0n) is 24.0. The molecule has 0 saturated heterocycles. The minimum absolute atomic E-state index is 0.00780. The Morgan fingerprint density at radius 3 is 2.26 bits per heavy atom. The molecule has 0 heterocycles. The van der Waals surface area contributed by atoms with Crippen molar-refractivity contribution in [2.24, 2.45) is 17.3 Å². The molecule has 2 atom stereocenters. The van der Waals surface area contributed by atoms with Crippen LogP contribution < -0.4 is 5.32 Å². The van der Waals surface area contributed by atoms with Crippen LogP contribution in [0, 0.1) is 17.3 Å². The number of carbonyl (C=O) groups is 3. The minimum atomic E-state index is -0.461. The van der Waals surface area contributed by atoms with Crippen molar-refractivity contribution in [3.63, 3.8) is 0 Å². The Morgan fingerprint density at radius 1 is 0.833 bits per heavy atom. The van der Waals surface area contributed by atoms with E-state index in [0.717, 1.165) is 43.2 Å². The standard InChI is InChI=1S/C35H37NO6/c1-40-32(38)28-8-5-9-30(15-28)36-31(37)22-41-20-25-10-12-29(13-11-25)34-16-26-14-27(17-34)19-35(18-26,23-34)33(39)42-21-24-6-3-2-4-7-24/h2-13,15,26-27H,14,16-23H2,1H3,(H,36,37). The van der Waals surface area contributed by atoms with Gasteiger partial charge in [0.2, 0.25) is 5.91 Å². The number of esters is 2. The van der Waals surface area contributed by atoms with Gasteiger partial charge in [0.15, 0.2) is 0 Å². The molecule has 7 heteroatoms. The van der Waals surface area contributed by atoms with Crippen LogP contribution in [0.25, 0.3) is 0 Å². The van der Waals surface area contributed by atoms with Crippen LogP contribution in [0.1, 0.15) is 65.6 Å². The van der Waals surface area contributed by atoms with E-state index in [2.05, 4.69) is 29.6 Å². The molecule has 3 aromatic carbocycles. The van der Waals surface area contributed by atoms with Gasteiger partial charge in [-0.1, -0.05) is 60.7 Å². The van der Waals surface area contributed by atoms with Crippen LogP contribution in [0.3, 0.4) is 0 Å². The molecule has 4 aliphatic carbocycles. The second-order valence-electron chi connectivity index (χ2n) is 12.4. The normalized spacial score (nSPS) is 25.5. The number of amides is 1. The highest BCUT2D eigenvalue weighted by atomic mass is 16.5. The van der Waals surface area contributed by atoms with Gasteiger partial charge in [0, 0.05) is 5.69 Å². The monoisotopic (exact) mass is 567 g/mol. The number of hydrogen-bond acceptors (Lipinski definition) is 6. The van der Waals surface area contributed by atoms with Crippen LogP contribution in [0.15, 0.2) is 78.9 Å². The van der Waals surface area contributed by atoms with E-state index in [0.29, 0.717) is 36.3 Å². The first-order chi connectivity index (χ1) is 20.4. The van der Waals surface area contributed by atoms with Crippen LogP contribution in [-0.2, 0) is 42.4 Å². The third-order valence-corrected chi connectivity index (χ3v) is 9.34. The zero-order chi connectivity index (χ0) is 29.2. The van der Waals surface area contributed by atoms with Gasteiger partial charge in [-0.15, -0.1) is 0 Å². The summed E-state index contributed by atoms with van der Waals surface area (Å²) < 4.78 is 16.3. The van der Waals surface area contributed by atoms with Gasteiger partial charge in [-0.3, -0.25) is 9.59 Å². The van der Waals surface area contributed by atoms with Crippen molar-refractivity contribution >= 4 is 23.5 Å². The van der Waals surface area contributed by atoms with E-state index < -0.39 is 5.97 Å². The molecule has 4 saturated carbocycles. The molecule has 3 aromatic rings. The smallest absolute Gasteiger partial charge is 0.337 e. The molecular formula is C35H37NO6. The van der Waals surface area contributed by atoms with E-state index in [1.807, 2.05) is 30.3 Å². The number of rotatable bonds is 10. The highest BCUT2D eigenvalue weighted by Gasteiger charge is 2.61. The van der Waals surface area contributed by atoms with Crippen molar-refractivity contribution in [2.75, 3.05) is 19.0 Å². The molecule has 42 heavy (non-hydrogen) atoms. The van der Waals surface area contributed by atoms with Crippen molar-refractivity contribution < 1.29 is 28.6 Å². The van der Waals surface area contributed by atoms with Crippen LogP contribution in [0.2, 0.25) is 0 Å². The molecule has 7 rings (SSSR count). The van der Waals surface area contributed by atoms with Gasteiger partial charge >= 0.3 is 11.9 Å². The first-order valence-electron chi connectivity index (χ1n) is 14.7. The van der Waals surface area contributed by atoms with E-state index in [4.69, 9.17) is 14.2 Å². The summed E-state index contributed by atoms with van der Waals surface area (Å²) in [6.45, 7) is 0.533. The third kappa shape index (κ3) is 5.84. The van der Waals surface area contributed by atoms with Gasteiger partial charge in [0.25, 0.3) is 0 Å². The lowest BCUT2D eigenvalue weighted by Gasteiger charge is -2.61. The lowest BCUT2D eigenvalue weighted by molar-refractivity contribution is -0.175. The summed E-state index contributed by atoms with van der Waals surface area (Å²) >= 11 is 0. The van der Waals surface area contributed by atoms with Crippen LogP contribution in [0.5, 0.6) is 0 Å². The Hall–Kier alpha value is -3.97. The molecule has 0 spiro atoms. The molecule has 4 bridgehead atoms. The third-order valence-electron chi connectivity index (χ3n) is 9.34. The SMILES string of the molecule is COC(=O)c1cccc(NC(=O)COCc2ccc(C34CC5CC(CC(C(=O)OCc6ccccc6)(C5)C3)C4)cc2)c1. The molecule has 218 valence electrons. The van der Waals surface area contributed by atoms with Gasteiger partial charge < -0.3 is 19.5 Å². The molecule has 4 aliphatic rings. The molecule has 1 amide bonds. The van der Waals surface area contributed by atoms with E-state index in [1.54, 1.807) is 24.3 Å². The Morgan fingerprint density at radius 2 is 1.55 bits per heavy atom. The van der Waals surface area contributed by atoms with E-state index >= 15 is 0 Å². The largest absolute Gasteiger partial charge is 0.465 e. The lowest BCUT2D eigenvalue weighted by Crippen LogP contribution is -2.57. The maximum absolute atomic E-state index is 13.6. The Labute approximate surface area is 246 Å². The molecule has 2 unspecified atom stereocenters. The Kier molecular flexibility index (Phi) is 7.86. The van der Waals surface area contributed by atoms with Crippen molar-refractivity contribution in [1.82, 2.24) is 0 Å². The summed E-state index contributed by atoms with van der Waals surface area (Å²) in [5.74, 6) is 0.338. The maximum Gasteiger partial charge on any atom is 0.337 e. The van der Waals surface area contributed by atoms with Gasteiger partial charge in [-0.25, -0.2) is 4.79 Å². The second kappa shape index (κ2) is 11.7. The predicted octanol–water partition coefficient (Wildman–Crippen LogP) is 6.21. The van der Waals surface area contributed by atoms with Gasteiger partial charge in [-0.05, 0) is 90.7 Å². The topological polar surface area (TPSA) is 90.9 Å². The molecule has 0 aliphatic heterocycles. The highest BCUT2D eigenvalue weighted by Crippen LogP contribution is 2.66. The number of nitrogens with one attached hydrogen (secondary N) is 1. The molecule has 7 nitrogen and oxygen atoms in total. The lowest BCUT2D eigenvalue weighted by atomic mass is 9.43. The highest BCUT2D eigenvalue weighted by molar-refractivity contribution is 5.95. The quantitative estimate of drug-likeness (QED) is 0.293. The first kappa shape index (κ1) is 28.2. The van der Waals surface area contributed by atoms with Gasteiger partial charge in [-0.2, -0.15) is 0 Å². The van der Waals surface area contributed by atoms with E-state index in [-0.39, 0.29) is 29.3 Å². The number of ether oxygens (including phenoxy) is 3. The van der Waals surface area contributed by atoms with Crippen LogP contribution in [-0.4, -0.2) is 31.6 Å². The minimum Gasteiger partial charge on any atom is -0.465 e. The van der Waals surface area contributed by atoms with Gasteiger partial charge in [0.05, 0.1) is 24.7 Å². The second-order valence-corrected chi connectivity index (χ2v) is 12.4. The average molecular weight is 568 g/mol. The first-order valence-corrected chi connectivity index (χ1v) is 14.7. The molecular weight excluding hydrogens is 530 g/mol. The fourth-order valence-corrected chi connectivity index (χ4v) is 7.97. The van der Waals surface area contributed by atoms with Crippen LogP contribution >= 0.6 is 0 Å². The van der Waals surface area contributed by atoms with Crippen molar-refractivity contribution in [3.05, 3.63) is 101 Å². The fourth-order valence-electron chi connectivity index (χ4n) is 7.97. The molecule has 4 fully saturated rings. The Bertz CT molecular complexity index is 1440. The predicted molar refractivity (Wildman–Crippen MR) is 158 cm³/mol. The summed E-state index contributed by atoms with van der Waals surface area (Å²) in [6.07, 6.45) is 6.22. The Balaban J connectivity index is 1.05. The zero-order valence-corrected chi connectivity index (χ0v) is 24.0. The number of anilines is 1. The number of carbonyl (C=O) groups excluding carboxylic acids is 3. The number of methoxy groups -OCH3 is 1. The van der Waals surface area contributed by atoms with Crippen molar-refractivity contribution in [1.29, 1.82) is 0 Å². The van der Waals surface area contributed by atoms with E-state index in [9.17, 15) is 14.4 Å². The summed E-state index contributed by atoms with van der Waals surface area (Å²) in [5.41, 5.74) is 3.80. The molecule has 0 aromatic heterocycles. The number of benzene rings is 3. The summed E-state index contributed by atoms with van der Waals surface area (Å²) in [6, 6.07) is 25.0. The van der Waals surface area contributed by atoms with E-state index in [1.165, 1.54) is 19.1 Å². The van der Waals surface area contributed by atoms with Crippen LogP contribution in [0.4, 0.5) is 5.69 Å². The number of hydrogen-bond donors (Lipinski definition) is 1. The fraction of sp³-hybridized carbons (Fsp3) is 0.400. The van der Waals surface area contributed by atoms with Crippen molar-refractivity contribution in [2.45, 2.75) is 57.2 Å². The van der Waals surface area contributed by atoms with Crippen molar-refractivity contribution in [3.8, 4) is 0 Å². The molecule has 0 radical (unpaired) electrons. The summed E-state index contributed by atoms with van der Waals surface area (Å²) in [4.78, 5) is 37.7. The summed E-state index contributed by atoms with van der Waals surface area (Å²) in [5, 5.41) is 2.75. The average Bonchev–Trinajstić information content (AvgIpc) is 2.99. The van der Waals surface area contributed by atoms with Gasteiger partial charge in [0.1, 0.15) is 13.2 Å². The maximum atomic E-state index is 13.6.